The number of aliphatic hydroxyl groups excluding tert-OH is 1. The molecule has 0 saturated carbocycles. The number of hydrogen-bond acceptors (Lipinski definition) is 7. The van der Waals surface area contributed by atoms with Crippen molar-refractivity contribution in [3.8, 4) is 0 Å². The van der Waals surface area contributed by atoms with Crippen LogP contribution < -0.4 is 17.0 Å². The number of halogens is 2. The number of rotatable bonds is 7. The van der Waals surface area contributed by atoms with E-state index in [0.29, 0.717) is 11.8 Å². The fraction of sp³-hybridized carbons (Fsp3) is 0.476. The van der Waals surface area contributed by atoms with Gasteiger partial charge in [-0.25, -0.2) is 9.18 Å². The molecule has 4 atom stereocenters. The number of benzene rings is 1. The lowest BCUT2D eigenvalue weighted by Gasteiger charge is -2.18. The van der Waals surface area contributed by atoms with Crippen LogP contribution in [-0.2, 0) is 16.1 Å². The van der Waals surface area contributed by atoms with Crippen molar-refractivity contribution in [1.82, 2.24) is 9.13 Å². The summed E-state index contributed by atoms with van der Waals surface area (Å²) in [7, 11) is 0. The molecular formula is C21H25F2N3O6. The van der Waals surface area contributed by atoms with E-state index in [9.17, 15) is 28.3 Å². The van der Waals surface area contributed by atoms with Crippen molar-refractivity contribution in [2.75, 3.05) is 6.61 Å². The van der Waals surface area contributed by atoms with Crippen LogP contribution >= 0.6 is 0 Å². The van der Waals surface area contributed by atoms with Crippen molar-refractivity contribution in [3.63, 3.8) is 0 Å². The number of carbonyl (C=O) groups excluding carboxylic acids is 1. The van der Waals surface area contributed by atoms with Gasteiger partial charge in [-0.05, 0) is 23.6 Å². The Bertz CT molecular complexity index is 1080. The van der Waals surface area contributed by atoms with E-state index in [2.05, 4.69) is 0 Å². The van der Waals surface area contributed by atoms with Crippen LogP contribution in [0.5, 0.6) is 0 Å². The van der Waals surface area contributed by atoms with Crippen LogP contribution in [0.3, 0.4) is 0 Å². The van der Waals surface area contributed by atoms with Crippen LogP contribution in [0.15, 0.2) is 40.1 Å². The zero-order valence-electron chi connectivity index (χ0n) is 17.6. The Morgan fingerprint density at radius 1 is 1.28 bits per heavy atom. The third kappa shape index (κ3) is 4.85. The van der Waals surface area contributed by atoms with E-state index in [0.717, 1.165) is 4.57 Å². The Hall–Kier alpha value is -2.73. The fourth-order valence-corrected chi connectivity index (χ4v) is 3.37. The second kappa shape index (κ2) is 9.82. The van der Waals surface area contributed by atoms with E-state index in [1.165, 1.54) is 24.3 Å². The van der Waals surface area contributed by atoms with Crippen molar-refractivity contribution in [1.29, 1.82) is 0 Å². The third-order valence-electron chi connectivity index (χ3n) is 5.34. The van der Waals surface area contributed by atoms with Gasteiger partial charge in [0, 0.05) is 6.42 Å². The van der Waals surface area contributed by atoms with Crippen LogP contribution in [0, 0.1) is 17.6 Å². The molecule has 1 saturated heterocycles. The second-order valence-corrected chi connectivity index (χ2v) is 7.94. The molecular weight excluding hydrogens is 428 g/mol. The van der Waals surface area contributed by atoms with Crippen LogP contribution in [0.1, 0.15) is 36.9 Å². The first-order chi connectivity index (χ1) is 15.1. The van der Waals surface area contributed by atoms with E-state index in [1.54, 1.807) is 13.8 Å². The van der Waals surface area contributed by atoms with Crippen molar-refractivity contribution in [3.05, 3.63) is 68.5 Å². The minimum Gasteiger partial charge on any atom is -0.394 e. The molecule has 11 heteroatoms. The molecule has 0 radical (unpaired) electrons. The van der Waals surface area contributed by atoms with E-state index in [-0.39, 0.29) is 17.6 Å². The lowest BCUT2D eigenvalue weighted by atomic mass is 10.1. The molecule has 0 amide bonds. The van der Waals surface area contributed by atoms with Gasteiger partial charge in [-0.1, -0.05) is 26.0 Å². The Kier molecular flexibility index (Phi) is 7.34. The quantitative estimate of drug-likeness (QED) is 0.634. The predicted octanol–water partition coefficient (Wildman–Crippen LogP) is 0.777. The van der Waals surface area contributed by atoms with Gasteiger partial charge < -0.3 is 20.3 Å². The first kappa shape index (κ1) is 23.9. The molecule has 0 aliphatic carbocycles. The summed E-state index contributed by atoms with van der Waals surface area (Å²) in [6.07, 6.45) is -1.92. The summed E-state index contributed by atoms with van der Waals surface area (Å²) in [5, 5.41) is 9.64. The van der Waals surface area contributed by atoms with Crippen LogP contribution in [0.2, 0.25) is 0 Å². The van der Waals surface area contributed by atoms with Gasteiger partial charge in [0.2, 0.25) is 5.82 Å². The molecule has 3 rings (SSSR count). The third-order valence-corrected chi connectivity index (χ3v) is 5.34. The Morgan fingerprint density at radius 2 is 1.94 bits per heavy atom. The SMILES string of the molecule is CC(C)[C@H](N)C(=O)n1c(=O)c(F)cn([C@H]2C[C@H](OCc3ccc(F)cc3)[C@@H](CO)O2)c1=O. The molecule has 1 fully saturated rings. The van der Waals surface area contributed by atoms with Crippen molar-refractivity contribution < 1.29 is 28.2 Å². The molecule has 174 valence electrons. The van der Waals surface area contributed by atoms with E-state index in [4.69, 9.17) is 15.2 Å². The van der Waals surface area contributed by atoms with E-state index in [1.807, 2.05) is 0 Å². The topological polar surface area (TPSA) is 126 Å². The molecule has 0 unspecified atom stereocenters. The monoisotopic (exact) mass is 453 g/mol. The number of aliphatic hydroxyl groups is 1. The van der Waals surface area contributed by atoms with Gasteiger partial charge in [0.25, 0.3) is 11.5 Å². The molecule has 2 heterocycles. The lowest BCUT2D eigenvalue weighted by Crippen LogP contribution is -2.52. The first-order valence-electron chi connectivity index (χ1n) is 10.1. The number of nitrogens with two attached hydrogens (primary N) is 1. The molecule has 1 aliphatic rings. The number of carbonyl (C=O) groups is 1. The maximum absolute atomic E-state index is 14.3. The minimum atomic E-state index is -1.40. The highest BCUT2D eigenvalue weighted by Crippen LogP contribution is 2.30. The molecule has 1 aliphatic heterocycles. The zero-order chi connectivity index (χ0) is 23.6. The van der Waals surface area contributed by atoms with Gasteiger partial charge in [0.1, 0.15) is 18.1 Å². The summed E-state index contributed by atoms with van der Waals surface area (Å²) in [6, 6.07) is 4.45. The smallest absolute Gasteiger partial charge is 0.340 e. The summed E-state index contributed by atoms with van der Waals surface area (Å²) in [5.74, 6) is -3.14. The highest BCUT2D eigenvalue weighted by Gasteiger charge is 2.38. The predicted molar refractivity (Wildman–Crippen MR) is 109 cm³/mol. The zero-order valence-corrected chi connectivity index (χ0v) is 17.6. The molecule has 0 spiro atoms. The summed E-state index contributed by atoms with van der Waals surface area (Å²) < 4.78 is 39.7. The van der Waals surface area contributed by atoms with Crippen molar-refractivity contribution in [2.45, 2.75) is 51.4 Å². The molecule has 0 bridgehead atoms. The average Bonchev–Trinajstić information content (AvgIpc) is 3.18. The Labute approximate surface area is 182 Å². The van der Waals surface area contributed by atoms with Gasteiger partial charge >= 0.3 is 5.69 Å². The van der Waals surface area contributed by atoms with Crippen LogP contribution in [0.25, 0.3) is 0 Å². The molecule has 1 aromatic heterocycles. The van der Waals surface area contributed by atoms with E-state index < -0.39 is 65.8 Å². The van der Waals surface area contributed by atoms with Crippen molar-refractivity contribution in [2.24, 2.45) is 11.7 Å². The average molecular weight is 453 g/mol. The van der Waals surface area contributed by atoms with Gasteiger partial charge in [0.15, 0.2) is 0 Å². The molecule has 3 N–H and O–H groups in total. The van der Waals surface area contributed by atoms with E-state index >= 15 is 0 Å². The van der Waals surface area contributed by atoms with Gasteiger partial charge in [-0.3, -0.25) is 14.2 Å². The van der Waals surface area contributed by atoms with Gasteiger partial charge in [-0.15, -0.1) is 0 Å². The van der Waals surface area contributed by atoms with Crippen LogP contribution in [0.4, 0.5) is 8.78 Å². The van der Waals surface area contributed by atoms with Gasteiger partial charge in [-0.2, -0.15) is 8.96 Å². The number of aromatic nitrogens is 2. The maximum atomic E-state index is 14.3. The van der Waals surface area contributed by atoms with Crippen LogP contribution in [-0.4, -0.2) is 45.0 Å². The first-order valence-corrected chi connectivity index (χ1v) is 10.1. The molecule has 9 nitrogen and oxygen atoms in total. The highest BCUT2D eigenvalue weighted by atomic mass is 19.1. The molecule has 1 aromatic carbocycles. The summed E-state index contributed by atoms with van der Waals surface area (Å²) in [5.41, 5.74) is 3.95. The fourth-order valence-electron chi connectivity index (χ4n) is 3.37. The highest BCUT2D eigenvalue weighted by molar-refractivity contribution is 5.84. The minimum absolute atomic E-state index is 0.0361. The number of hydrogen-bond donors (Lipinski definition) is 2. The standard InChI is InChI=1S/C21H25F2N3O6/c1-11(2)18(24)20(29)26-19(28)14(23)8-25(21(26)30)17-7-15(16(9-27)32-17)31-10-12-3-5-13(22)6-4-12/h3-6,8,11,15-18,27H,7,9-10,24H2,1-2H3/t15-,16+,17+,18-/m0/s1. The summed E-state index contributed by atoms with van der Waals surface area (Å²) >= 11 is 0. The van der Waals surface area contributed by atoms with Crippen molar-refractivity contribution >= 4 is 5.91 Å². The van der Waals surface area contributed by atoms with Gasteiger partial charge in [0.05, 0.1) is 31.6 Å². The Morgan fingerprint density at radius 3 is 2.53 bits per heavy atom. The molecule has 32 heavy (non-hydrogen) atoms. The normalized spacial score (nSPS) is 21.8. The second-order valence-electron chi connectivity index (χ2n) is 7.94. The Balaban J connectivity index is 1.86. The summed E-state index contributed by atoms with van der Waals surface area (Å²) in [6.45, 7) is 2.89. The largest absolute Gasteiger partial charge is 0.394 e. The summed E-state index contributed by atoms with van der Waals surface area (Å²) in [4.78, 5) is 37.6. The number of nitrogens with zero attached hydrogens (tertiary/aromatic N) is 2. The lowest BCUT2D eigenvalue weighted by molar-refractivity contribution is -0.0661. The molecule has 2 aromatic rings. The maximum Gasteiger partial charge on any atom is 0.340 e. The number of ether oxygens (including phenoxy) is 2.